The van der Waals surface area contributed by atoms with E-state index in [-0.39, 0.29) is 5.91 Å². The summed E-state index contributed by atoms with van der Waals surface area (Å²) in [7, 11) is 0. The van der Waals surface area contributed by atoms with Gasteiger partial charge in [0.2, 0.25) is 0 Å². The molecular formula is C18H15BrN2O. The first-order valence-corrected chi connectivity index (χ1v) is 8.14. The second-order valence-corrected chi connectivity index (χ2v) is 6.57. The Kier molecular flexibility index (Phi) is 2.91. The van der Waals surface area contributed by atoms with Gasteiger partial charge in [-0.2, -0.15) is 0 Å². The van der Waals surface area contributed by atoms with Gasteiger partial charge in [-0.05, 0) is 36.2 Å². The molecule has 110 valence electrons. The molecule has 0 aliphatic carbocycles. The van der Waals surface area contributed by atoms with Crippen molar-refractivity contribution in [1.82, 2.24) is 10.3 Å². The van der Waals surface area contributed by atoms with Crippen LogP contribution in [0.5, 0.6) is 0 Å². The molecular weight excluding hydrogens is 340 g/mol. The first-order valence-electron chi connectivity index (χ1n) is 7.35. The monoisotopic (exact) mass is 354 g/mol. The van der Waals surface area contributed by atoms with Crippen molar-refractivity contribution >= 4 is 32.7 Å². The van der Waals surface area contributed by atoms with E-state index in [1.165, 1.54) is 0 Å². The lowest BCUT2D eigenvalue weighted by Crippen LogP contribution is -2.39. The Balaban J connectivity index is 2.03. The van der Waals surface area contributed by atoms with Gasteiger partial charge in [0.1, 0.15) is 0 Å². The third kappa shape index (κ3) is 1.70. The largest absolute Gasteiger partial charge is 0.361 e. The number of nitrogens with one attached hydrogen (secondary N) is 2. The standard InChI is InChI=1S/C18H15BrN2O/c1-2-18(14-6-4-3-5-12(14)17(22)21-18)15-10-20-16-8-7-11(19)9-13(15)16/h3-10,20H,2H2,1H3,(H,21,22)/t18-/m1/s1. The number of halogens is 1. The molecule has 0 radical (unpaired) electrons. The van der Waals surface area contributed by atoms with Crippen LogP contribution in [0, 0.1) is 0 Å². The Morgan fingerprint density at radius 1 is 1.14 bits per heavy atom. The minimum atomic E-state index is -0.466. The maximum atomic E-state index is 12.4. The molecule has 0 bridgehead atoms. The van der Waals surface area contributed by atoms with Crippen LogP contribution in [0.2, 0.25) is 0 Å². The van der Waals surface area contributed by atoms with E-state index in [0.717, 1.165) is 38.5 Å². The Labute approximate surface area is 136 Å². The summed E-state index contributed by atoms with van der Waals surface area (Å²) in [5.74, 6) is 0.00166. The quantitative estimate of drug-likeness (QED) is 0.706. The van der Waals surface area contributed by atoms with Crippen LogP contribution in [-0.4, -0.2) is 10.9 Å². The van der Waals surface area contributed by atoms with Gasteiger partial charge in [-0.15, -0.1) is 0 Å². The van der Waals surface area contributed by atoms with E-state index < -0.39 is 5.54 Å². The summed E-state index contributed by atoms with van der Waals surface area (Å²) in [5.41, 5.74) is 3.55. The summed E-state index contributed by atoms with van der Waals surface area (Å²) in [6.45, 7) is 2.11. The van der Waals surface area contributed by atoms with Crippen molar-refractivity contribution in [2.24, 2.45) is 0 Å². The van der Waals surface area contributed by atoms with E-state index in [4.69, 9.17) is 0 Å². The molecule has 4 rings (SSSR count). The number of benzene rings is 2. The lowest BCUT2D eigenvalue weighted by Gasteiger charge is -2.29. The van der Waals surface area contributed by atoms with Crippen molar-refractivity contribution in [3.8, 4) is 0 Å². The number of hydrogen-bond donors (Lipinski definition) is 2. The Morgan fingerprint density at radius 2 is 1.95 bits per heavy atom. The highest BCUT2D eigenvalue weighted by Crippen LogP contribution is 2.42. The first-order chi connectivity index (χ1) is 10.7. The Bertz CT molecular complexity index is 899. The smallest absolute Gasteiger partial charge is 0.252 e. The summed E-state index contributed by atoms with van der Waals surface area (Å²) in [6.07, 6.45) is 2.82. The first kappa shape index (κ1) is 13.6. The van der Waals surface area contributed by atoms with E-state index in [2.05, 4.69) is 45.3 Å². The molecule has 1 amide bonds. The van der Waals surface area contributed by atoms with E-state index in [0.29, 0.717) is 0 Å². The fraction of sp³-hybridized carbons (Fsp3) is 0.167. The number of fused-ring (bicyclic) bond motifs is 2. The Hall–Kier alpha value is -2.07. The molecule has 22 heavy (non-hydrogen) atoms. The predicted molar refractivity (Wildman–Crippen MR) is 91.0 cm³/mol. The molecule has 0 saturated heterocycles. The van der Waals surface area contributed by atoms with Gasteiger partial charge in [0.05, 0.1) is 5.54 Å². The Morgan fingerprint density at radius 3 is 2.77 bits per heavy atom. The molecule has 1 aliphatic rings. The van der Waals surface area contributed by atoms with Crippen molar-refractivity contribution in [3.63, 3.8) is 0 Å². The van der Waals surface area contributed by atoms with E-state index in [1.807, 2.05) is 36.5 Å². The van der Waals surface area contributed by atoms with Crippen molar-refractivity contribution in [1.29, 1.82) is 0 Å². The molecule has 2 N–H and O–H groups in total. The zero-order valence-corrected chi connectivity index (χ0v) is 13.7. The number of rotatable bonds is 2. The molecule has 0 unspecified atom stereocenters. The van der Waals surface area contributed by atoms with Crippen LogP contribution in [0.4, 0.5) is 0 Å². The SMILES string of the molecule is CC[C@@]1(c2c[nH]c3ccc(Br)cc23)NC(=O)c2ccccc21. The fourth-order valence-corrected chi connectivity index (χ4v) is 3.87. The van der Waals surface area contributed by atoms with Crippen LogP contribution < -0.4 is 5.32 Å². The van der Waals surface area contributed by atoms with Crippen LogP contribution in [-0.2, 0) is 5.54 Å². The summed E-state index contributed by atoms with van der Waals surface area (Å²) in [6, 6.07) is 14.0. The molecule has 1 atom stereocenters. The molecule has 3 aromatic rings. The minimum absolute atomic E-state index is 0.00166. The van der Waals surface area contributed by atoms with Crippen molar-refractivity contribution < 1.29 is 4.79 Å². The summed E-state index contributed by atoms with van der Waals surface area (Å²) in [5, 5.41) is 4.35. The zero-order valence-electron chi connectivity index (χ0n) is 12.1. The summed E-state index contributed by atoms with van der Waals surface area (Å²) in [4.78, 5) is 15.7. The highest BCUT2D eigenvalue weighted by atomic mass is 79.9. The molecule has 1 aliphatic heterocycles. The molecule has 2 aromatic carbocycles. The van der Waals surface area contributed by atoms with Crippen LogP contribution >= 0.6 is 15.9 Å². The van der Waals surface area contributed by atoms with Gasteiger partial charge in [0.15, 0.2) is 0 Å². The number of carbonyl (C=O) groups excluding carboxylic acids is 1. The second kappa shape index (κ2) is 4.71. The van der Waals surface area contributed by atoms with Crippen LogP contribution in [0.15, 0.2) is 53.1 Å². The maximum absolute atomic E-state index is 12.4. The second-order valence-electron chi connectivity index (χ2n) is 5.65. The number of hydrogen-bond acceptors (Lipinski definition) is 1. The number of aromatic amines is 1. The van der Waals surface area contributed by atoms with Gasteiger partial charge in [-0.25, -0.2) is 0 Å². The van der Waals surface area contributed by atoms with Gasteiger partial charge in [-0.3, -0.25) is 4.79 Å². The molecule has 4 heteroatoms. The van der Waals surface area contributed by atoms with E-state index in [9.17, 15) is 4.79 Å². The van der Waals surface area contributed by atoms with Crippen molar-refractivity contribution in [2.45, 2.75) is 18.9 Å². The zero-order chi connectivity index (χ0) is 15.3. The fourth-order valence-electron chi connectivity index (χ4n) is 3.51. The van der Waals surface area contributed by atoms with Gasteiger partial charge in [0, 0.05) is 32.7 Å². The highest BCUT2D eigenvalue weighted by Gasteiger charge is 2.43. The van der Waals surface area contributed by atoms with Gasteiger partial charge < -0.3 is 10.3 Å². The van der Waals surface area contributed by atoms with Crippen LogP contribution in [0.25, 0.3) is 10.9 Å². The summed E-state index contributed by atoms with van der Waals surface area (Å²) < 4.78 is 1.03. The molecule has 0 saturated carbocycles. The summed E-state index contributed by atoms with van der Waals surface area (Å²) >= 11 is 3.54. The predicted octanol–water partition coefficient (Wildman–Crippen LogP) is 4.33. The van der Waals surface area contributed by atoms with E-state index in [1.54, 1.807) is 0 Å². The van der Waals surface area contributed by atoms with Gasteiger partial charge >= 0.3 is 0 Å². The number of aromatic nitrogens is 1. The minimum Gasteiger partial charge on any atom is -0.361 e. The molecule has 3 nitrogen and oxygen atoms in total. The van der Waals surface area contributed by atoms with Crippen molar-refractivity contribution in [3.05, 3.63) is 69.8 Å². The van der Waals surface area contributed by atoms with Crippen molar-refractivity contribution in [2.75, 3.05) is 0 Å². The normalized spacial score (nSPS) is 20.2. The van der Waals surface area contributed by atoms with Crippen LogP contribution in [0.1, 0.15) is 34.8 Å². The molecule has 2 heterocycles. The lowest BCUT2D eigenvalue weighted by atomic mass is 9.81. The van der Waals surface area contributed by atoms with Gasteiger partial charge in [0.25, 0.3) is 5.91 Å². The lowest BCUT2D eigenvalue weighted by molar-refractivity contribution is 0.0939. The molecule has 0 spiro atoms. The maximum Gasteiger partial charge on any atom is 0.252 e. The van der Waals surface area contributed by atoms with Crippen LogP contribution in [0.3, 0.4) is 0 Å². The highest BCUT2D eigenvalue weighted by molar-refractivity contribution is 9.10. The third-order valence-electron chi connectivity index (χ3n) is 4.59. The topological polar surface area (TPSA) is 44.9 Å². The third-order valence-corrected chi connectivity index (χ3v) is 5.09. The van der Waals surface area contributed by atoms with Gasteiger partial charge in [-0.1, -0.05) is 41.1 Å². The average molecular weight is 355 g/mol. The number of H-pyrrole nitrogens is 1. The van der Waals surface area contributed by atoms with E-state index >= 15 is 0 Å². The number of carbonyl (C=O) groups is 1. The molecule has 1 aromatic heterocycles. The number of amides is 1. The average Bonchev–Trinajstić information content (AvgIpc) is 3.07. The molecule has 0 fully saturated rings.